The van der Waals surface area contributed by atoms with Crippen LogP contribution in [-0.4, -0.2) is 55.0 Å². The van der Waals surface area contributed by atoms with E-state index in [9.17, 15) is 4.79 Å². The van der Waals surface area contributed by atoms with Gasteiger partial charge in [-0.3, -0.25) is 9.69 Å². The largest absolute Gasteiger partial charge is 0.352 e. The van der Waals surface area contributed by atoms with E-state index >= 15 is 0 Å². The lowest BCUT2D eigenvalue weighted by Crippen LogP contribution is -2.50. The minimum Gasteiger partial charge on any atom is -0.352 e. The first-order chi connectivity index (χ1) is 11.2. The zero-order chi connectivity index (χ0) is 15.7. The van der Waals surface area contributed by atoms with Gasteiger partial charge in [0, 0.05) is 24.9 Å². The summed E-state index contributed by atoms with van der Waals surface area (Å²) in [6.45, 7) is 3.13. The first-order valence-electron chi connectivity index (χ1n) is 9.55. The van der Waals surface area contributed by atoms with Crippen molar-refractivity contribution in [2.75, 3.05) is 26.3 Å². The van der Waals surface area contributed by atoms with Gasteiger partial charge in [0.05, 0.1) is 19.8 Å². The van der Waals surface area contributed by atoms with E-state index in [-0.39, 0.29) is 11.7 Å². The molecule has 2 saturated heterocycles. The molecule has 2 aliphatic heterocycles. The third-order valence-electron chi connectivity index (χ3n) is 6.38. The number of hydrogen-bond acceptors (Lipinski definition) is 4. The normalized spacial score (nSPS) is 34.6. The number of nitrogens with zero attached hydrogens (tertiary/aromatic N) is 1. The molecule has 23 heavy (non-hydrogen) atoms. The van der Waals surface area contributed by atoms with Gasteiger partial charge in [0.15, 0.2) is 5.79 Å². The van der Waals surface area contributed by atoms with Crippen molar-refractivity contribution in [3.63, 3.8) is 0 Å². The molecular formula is C18H30N2O3. The SMILES string of the molecule is O=C(CN1CCC[C@H]2CCC[C@@H]21)NC1CCC2(CC1)OCCO2. The number of fused-ring (bicyclic) bond motifs is 1. The number of nitrogens with one attached hydrogen (secondary N) is 1. The van der Waals surface area contributed by atoms with E-state index in [4.69, 9.17) is 9.47 Å². The molecular weight excluding hydrogens is 292 g/mol. The highest BCUT2D eigenvalue weighted by molar-refractivity contribution is 5.78. The van der Waals surface area contributed by atoms with Crippen LogP contribution in [0, 0.1) is 5.92 Å². The highest BCUT2D eigenvalue weighted by Gasteiger charge is 2.41. The molecule has 1 spiro atoms. The molecule has 2 heterocycles. The zero-order valence-electron chi connectivity index (χ0n) is 14.1. The van der Waals surface area contributed by atoms with Crippen LogP contribution in [0.25, 0.3) is 0 Å². The Balaban J connectivity index is 1.24. The molecule has 1 amide bonds. The van der Waals surface area contributed by atoms with Crippen LogP contribution in [0.1, 0.15) is 57.8 Å². The monoisotopic (exact) mass is 322 g/mol. The molecule has 2 atom stereocenters. The van der Waals surface area contributed by atoms with Crippen molar-refractivity contribution in [2.24, 2.45) is 5.92 Å². The molecule has 1 N–H and O–H groups in total. The quantitative estimate of drug-likeness (QED) is 0.864. The van der Waals surface area contributed by atoms with Crippen molar-refractivity contribution in [1.29, 1.82) is 0 Å². The van der Waals surface area contributed by atoms with Gasteiger partial charge < -0.3 is 14.8 Å². The highest BCUT2D eigenvalue weighted by atomic mass is 16.7. The van der Waals surface area contributed by atoms with E-state index in [2.05, 4.69) is 10.2 Å². The number of likely N-dealkylation sites (tertiary alicyclic amines) is 1. The molecule has 4 rings (SSSR count). The molecule has 0 aromatic heterocycles. The second kappa shape index (κ2) is 6.69. The van der Waals surface area contributed by atoms with Gasteiger partial charge in [-0.25, -0.2) is 0 Å². The summed E-state index contributed by atoms with van der Waals surface area (Å²) in [6, 6.07) is 0.967. The fourth-order valence-electron chi connectivity index (χ4n) is 5.20. The Morgan fingerprint density at radius 1 is 1.04 bits per heavy atom. The lowest BCUT2D eigenvalue weighted by molar-refractivity contribution is -0.180. The first kappa shape index (κ1) is 15.9. The average molecular weight is 322 g/mol. The first-order valence-corrected chi connectivity index (χ1v) is 9.55. The molecule has 0 aromatic carbocycles. The summed E-state index contributed by atoms with van der Waals surface area (Å²) in [4.78, 5) is 14.9. The minimum absolute atomic E-state index is 0.215. The van der Waals surface area contributed by atoms with Gasteiger partial charge in [-0.15, -0.1) is 0 Å². The van der Waals surface area contributed by atoms with Gasteiger partial charge in [-0.1, -0.05) is 6.42 Å². The van der Waals surface area contributed by atoms with Crippen LogP contribution >= 0.6 is 0 Å². The summed E-state index contributed by atoms with van der Waals surface area (Å²) in [5.41, 5.74) is 0. The van der Waals surface area contributed by atoms with Crippen molar-refractivity contribution in [2.45, 2.75) is 75.7 Å². The van der Waals surface area contributed by atoms with Crippen LogP contribution in [0.4, 0.5) is 0 Å². The average Bonchev–Trinajstić information content (AvgIpc) is 3.20. The molecule has 5 heteroatoms. The summed E-state index contributed by atoms with van der Waals surface area (Å²) < 4.78 is 11.5. The second-order valence-electron chi connectivity index (χ2n) is 7.82. The van der Waals surface area contributed by atoms with Crippen molar-refractivity contribution in [3.8, 4) is 0 Å². The lowest BCUT2D eigenvalue weighted by Gasteiger charge is -2.38. The standard InChI is InChI=1S/C18H30N2O3/c21-17(13-20-10-2-4-14-3-1-5-16(14)20)19-15-6-8-18(9-7-15)22-11-12-23-18/h14-16H,1-13H2,(H,19,21)/t14-,16+/m1/s1. The van der Waals surface area contributed by atoms with Gasteiger partial charge in [0.1, 0.15) is 0 Å². The van der Waals surface area contributed by atoms with E-state index < -0.39 is 0 Å². The zero-order valence-corrected chi connectivity index (χ0v) is 14.1. The third kappa shape index (κ3) is 3.42. The van der Waals surface area contributed by atoms with Crippen LogP contribution in [-0.2, 0) is 14.3 Å². The van der Waals surface area contributed by atoms with Crippen LogP contribution in [0.5, 0.6) is 0 Å². The number of carbonyl (C=O) groups is 1. The fraction of sp³-hybridized carbons (Fsp3) is 0.944. The number of carbonyl (C=O) groups excluding carboxylic acids is 1. The van der Waals surface area contributed by atoms with Crippen LogP contribution in [0.15, 0.2) is 0 Å². The van der Waals surface area contributed by atoms with E-state index in [0.717, 1.165) is 38.1 Å². The Morgan fingerprint density at radius 3 is 2.57 bits per heavy atom. The Kier molecular flexibility index (Phi) is 4.61. The number of ether oxygens (including phenoxy) is 2. The number of piperidine rings is 1. The molecule has 0 bridgehead atoms. The van der Waals surface area contributed by atoms with Crippen molar-refractivity contribution in [1.82, 2.24) is 10.2 Å². The lowest BCUT2D eigenvalue weighted by atomic mass is 9.90. The predicted octanol–water partition coefficient (Wildman–Crippen LogP) is 2.05. The summed E-state index contributed by atoms with van der Waals surface area (Å²) in [5.74, 6) is 0.736. The van der Waals surface area contributed by atoms with E-state index in [1.54, 1.807) is 0 Å². The van der Waals surface area contributed by atoms with Crippen LogP contribution < -0.4 is 5.32 Å². The Hall–Kier alpha value is -0.650. The third-order valence-corrected chi connectivity index (χ3v) is 6.38. The van der Waals surface area contributed by atoms with Gasteiger partial charge in [-0.05, 0) is 51.0 Å². The second-order valence-corrected chi connectivity index (χ2v) is 7.82. The Bertz CT molecular complexity index is 426. The topological polar surface area (TPSA) is 50.8 Å². The number of rotatable bonds is 3. The smallest absolute Gasteiger partial charge is 0.234 e. The molecule has 0 radical (unpaired) electrons. The molecule has 0 aromatic rings. The molecule has 130 valence electrons. The minimum atomic E-state index is -0.328. The summed E-state index contributed by atoms with van der Waals surface area (Å²) in [6.07, 6.45) is 10.4. The Labute approximate surface area is 139 Å². The molecule has 4 aliphatic rings. The van der Waals surface area contributed by atoms with Gasteiger partial charge in [-0.2, -0.15) is 0 Å². The number of amides is 1. The summed E-state index contributed by atoms with van der Waals surface area (Å²) in [5, 5.41) is 3.26. The molecule has 2 aliphatic carbocycles. The summed E-state index contributed by atoms with van der Waals surface area (Å²) in [7, 11) is 0. The van der Waals surface area contributed by atoms with Crippen LogP contribution in [0.2, 0.25) is 0 Å². The van der Waals surface area contributed by atoms with E-state index in [1.807, 2.05) is 0 Å². The maximum Gasteiger partial charge on any atom is 0.234 e. The molecule has 2 saturated carbocycles. The van der Waals surface area contributed by atoms with Crippen molar-refractivity contribution >= 4 is 5.91 Å². The van der Waals surface area contributed by atoms with Crippen molar-refractivity contribution in [3.05, 3.63) is 0 Å². The van der Waals surface area contributed by atoms with Gasteiger partial charge in [0.25, 0.3) is 0 Å². The highest BCUT2D eigenvalue weighted by Crippen LogP contribution is 2.37. The van der Waals surface area contributed by atoms with E-state index in [1.165, 1.54) is 32.1 Å². The van der Waals surface area contributed by atoms with Gasteiger partial charge >= 0.3 is 0 Å². The molecule has 0 unspecified atom stereocenters. The predicted molar refractivity (Wildman–Crippen MR) is 87.0 cm³/mol. The number of hydrogen-bond donors (Lipinski definition) is 1. The fourth-order valence-corrected chi connectivity index (χ4v) is 5.20. The van der Waals surface area contributed by atoms with Crippen LogP contribution in [0.3, 0.4) is 0 Å². The van der Waals surface area contributed by atoms with E-state index in [0.29, 0.717) is 31.8 Å². The van der Waals surface area contributed by atoms with Crippen molar-refractivity contribution < 1.29 is 14.3 Å². The molecule has 4 fully saturated rings. The Morgan fingerprint density at radius 2 is 1.78 bits per heavy atom. The van der Waals surface area contributed by atoms with Gasteiger partial charge in [0.2, 0.25) is 5.91 Å². The molecule has 5 nitrogen and oxygen atoms in total. The summed E-state index contributed by atoms with van der Waals surface area (Å²) >= 11 is 0. The maximum absolute atomic E-state index is 12.5. The maximum atomic E-state index is 12.5.